The van der Waals surface area contributed by atoms with Crippen LogP contribution in [-0.4, -0.2) is 10.9 Å². The Kier molecular flexibility index (Phi) is 2.92. The smallest absolute Gasteiger partial charge is 0.281 e. The molecule has 0 radical (unpaired) electrons. The van der Waals surface area contributed by atoms with Gasteiger partial charge >= 0.3 is 0 Å². The zero-order valence-electron chi connectivity index (χ0n) is 6.30. The molecule has 1 aromatic rings. The lowest BCUT2D eigenvalue weighted by Gasteiger charge is -2.04. The first-order chi connectivity index (χ1) is 6.02. The van der Waals surface area contributed by atoms with Gasteiger partial charge in [-0.15, -0.1) is 0 Å². The second-order valence-corrected chi connectivity index (χ2v) is 3.17. The van der Waals surface area contributed by atoms with E-state index in [0.29, 0.717) is 4.47 Å². The molecule has 0 aromatic carbocycles. The lowest BCUT2D eigenvalue weighted by molar-refractivity contribution is 0.0983. The summed E-state index contributed by atoms with van der Waals surface area (Å²) in [4.78, 5) is 14.1. The number of alkyl halides is 2. The number of carbonyl (C=O) groups excluding carboxylic acids is 1. The molecule has 1 amide bonds. The first-order valence-corrected chi connectivity index (χ1v) is 4.05. The summed E-state index contributed by atoms with van der Waals surface area (Å²) < 4.78 is 24.9. The van der Waals surface area contributed by atoms with Crippen LogP contribution in [0.25, 0.3) is 0 Å². The number of hydrogen-bond donors (Lipinski definition) is 1. The highest BCUT2D eigenvalue weighted by atomic mass is 79.9. The molecule has 0 aliphatic heterocycles. The van der Waals surface area contributed by atoms with Crippen molar-refractivity contribution in [1.82, 2.24) is 4.98 Å². The molecule has 0 saturated heterocycles. The van der Waals surface area contributed by atoms with Gasteiger partial charge in [0.2, 0.25) is 0 Å². The molecule has 1 aromatic heterocycles. The first kappa shape index (κ1) is 10.0. The van der Waals surface area contributed by atoms with Gasteiger partial charge in [-0.25, -0.2) is 8.78 Å². The Balaban J connectivity index is 3.27. The van der Waals surface area contributed by atoms with Crippen molar-refractivity contribution in [3.05, 3.63) is 28.0 Å². The quantitative estimate of drug-likeness (QED) is 0.872. The highest BCUT2D eigenvalue weighted by Crippen LogP contribution is 2.22. The summed E-state index contributed by atoms with van der Waals surface area (Å²) in [5, 5.41) is 0. The van der Waals surface area contributed by atoms with Gasteiger partial charge in [0.05, 0.1) is 5.56 Å². The fraction of sp³-hybridized carbons (Fsp3) is 0.143. The molecule has 0 spiro atoms. The van der Waals surface area contributed by atoms with Gasteiger partial charge in [-0.2, -0.15) is 0 Å². The molecule has 0 saturated carbocycles. The lowest BCUT2D eigenvalue weighted by atomic mass is 10.2. The summed E-state index contributed by atoms with van der Waals surface area (Å²) in [6.45, 7) is 0. The van der Waals surface area contributed by atoms with Crippen LogP contribution >= 0.6 is 15.9 Å². The van der Waals surface area contributed by atoms with Crippen LogP contribution in [0.1, 0.15) is 22.5 Å². The number of rotatable bonds is 2. The van der Waals surface area contributed by atoms with Crippen LogP contribution in [0.15, 0.2) is 16.7 Å². The van der Waals surface area contributed by atoms with Gasteiger partial charge in [0, 0.05) is 10.7 Å². The van der Waals surface area contributed by atoms with Crippen molar-refractivity contribution in [1.29, 1.82) is 0 Å². The maximum Gasteiger partial charge on any atom is 0.281 e. The number of nitrogens with zero attached hydrogens (tertiary/aromatic N) is 1. The molecule has 1 rings (SSSR count). The molecule has 0 aliphatic carbocycles. The van der Waals surface area contributed by atoms with Crippen LogP contribution in [0.3, 0.4) is 0 Å². The van der Waals surface area contributed by atoms with E-state index in [1.54, 1.807) is 0 Å². The Morgan fingerprint density at radius 1 is 1.62 bits per heavy atom. The van der Waals surface area contributed by atoms with Crippen LogP contribution in [0.4, 0.5) is 8.78 Å². The summed E-state index contributed by atoms with van der Waals surface area (Å²) in [5.41, 5.74) is 4.04. The average Bonchev–Trinajstić information content (AvgIpc) is 2.03. The predicted octanol–water partition coefficient (Wildman–Crippen LogP) is 1.88. The Bertz CT molecular complexity index is 343. The third kappa shape index (κ3) is 2.21. The minimum atomic E-state index is -2.80. The Morgan fingerprint density at radius 2 is 2.23 bits per heavy atom. The fourth-order valence-electron chi connectivity index (χ4n) is 0.821. The Morgan fingerprint density at radius 3 is 2.69 bits per heavy atom. The van der Waals surface area contributed by atoms with Crippen molar-refractivity contribution in [2.75, 3.05) is 0 Å². The van der Waals surface area contributed by atoms with Crippen LogP contribution in [-0.2, 0) is 0 Å². The van der Waals surface area contributed by atoms with E-state index < -0.39 is 18.0 Å². The second-order valence-electron chi connectivity index (χ2n) is 2.25. The molecule has 0 aliphatic rings. The summed E-state index contributed by atoms with van der Waals surface area (Å²) >= 11 is 3.00. The van der Waals surface area contributed by atoms with Crippen LogP contribution in [0.2, 0.25) is 0 Å². The van der Waals surface area contributed by atoms with E-state index in [-0.39, 0.29) is 5.56 Å². The highest BCUT2D eigenvalue weighted by Gasteiger charge is 2.18. The first-order valence-electron chi connectivity index (χ1n) is 3.25. The Labute approximate surface area is 81.1 Å². The van der Waals surface area contributed by atoms with E-state index in [4.69, 9.17) is 5.73 Å². The van der Waals surface area contributed by atoms with Crippen molar-refractivity contribution < 1.29 is 13.6 Å². The SMILES string of the molecule is NC(=O)c1cc(Br)cnc1C(F)F. The standard InChI is InChI=1S/C7H5BrF2N2O/c8-3-1-4(7(11)13)5(6(9)10)12-2-3/h1-2,6H,(H2,11,13). The number of aromatic nitrogens is 1. The van der Waals surface area contributed by atoms with Crippen LogP contribution in [0.5, 0.6) is 0 Å². The largest absolute Gasteiger partial charge is 0.366 e. The number of carbonyl (C=O) groups is 1. The van der Waals surface area contributed by atoms with Gasteiger partial charge in [-0.1, -0.05) is 0 Å². The van der Waals surface area contributed by atoms with Crippen molar-refractivity contribution in [2.24, 2.45) is 5.73 Å². The number of pyridine rings is 1. The number of amides is 1. The molecule has 0 atom stereocenters. The monoisotopic (exact) mass is 250 g/mol. The van der Waals surface area contributed by atoms with E-state index in [9.17, 15) is 13.6 Å². The van der Waals surface area contributed by atoms with Gasteiger partial charge in [-0.05, 0) is 22.0 Å². The zero-order valence-corrected chi connectivity index (χ0v) is 7.88. The van der Waals surface area contributed by atoms with Crippen molar-refractivity contribution in [2.45, 2.75) is 6.43 Å². The van der Waals surface area contributed by atoms with Gasteiger partial charge < -0.3 is 5.73 Å². The zero-order chi connectivity index (χ0) is 10.0. The minimum Gasteiger partial charge on any atom is -0.366 e. The predicted molar refractivity (Wildman–Crippen MR) is 45.4 cm³/mol. The molecule has 3 nitrogen and oxygen atoms in total. The molecule has 0 unspecified atom stereocenters. The molecule has 70 valence electrons. The molecule has 0 bridgehead atoms. The summed E-state index contributed by atoms with van der Waals surface area (Å²) in [5.74, 6) is -0.913. The summed E-state index contributed by atoms with van der Waals surface area (Å²) in [6, 6.07) is 1.22. The third-order valence-electron chi connectivity index (χ3n) is 1.36. The number of primary amides is 1. The van der Waals surface area contributed by atoms with E-state index in [1.807, 2.05) is 0 Å². The summed E-state index contributed by atoms with van der Waals surface area (Å²) in [6.07, 6.45) is -1.61. The maximum atomic E-state index is 12.2. The highest BCUT2D eigenvalue weighted by molar-refractivity contribution is 9.10. The van der Waals surface area contributed by atoms with Crippen LogP contribution in [0, 0.1) is 0 Å². The lowest BCUT2D eigenvalue weighted by Crippen LogP contribution is -2.15. The van der Waals surface area contributed by atoms with Gasteiger partial charge in [0.15, 0.2) is 0 Å². The van der Waals surface area contributed by atoms with E-state index in [2.05, 4.69) is 20.9 Å². The van der Waals surface area contributed by atoms with Gasteiger partial charge in [0.1, 0.15) is 5.69 Å². The normalized spacial score (nSPS) is 10.5. The molecular weight excluding hydrogens is 246 g/mol. The molecule has 13 heavy (non-hydrogen) atoms. The number of halogens is 3. The number of hydrogen-bond acceptors (Lipinski definition) is 2. The van der Waals surface area contributed by atoms with E-state index in [0.717, 1.165) is 0 Å². The second kappa shape index (κ2) is 3.78. The van der Waals surface area contributed by atoms with Gasteiger partial charge in [0.25, 0.3) is 12.3 Å². The average molecular weight is 251 g/mol. The molecular formula is C7H5BrF2N2O. The Hall–Kier alpha value is -1.04. The molecule has 1 heterocycles. The molecule has 0 fully saturated rings. The number of nitrogens with two attached hydrogens (primary N) is 1. The van der Waals surface area contributed by atoms with Crippen molar-refractivity contribution in [3.63, 3.8) is 0 Å². The third-order valence-corrected chi connectivity index (χ3v) is 1.79. The van der Waals surface area contributed by atoms with E-state index >= 15 is 0 Å². The van der Waals surface area contributed by atoms with E-state index in [1.165, 1.54) is 12.3 Å². The topological polar surface area (TPSA) is 56.0 Å². The van der Waals surface area contributed by atoms with Crippen molar-refractivity contribution >= 4 is 21.8 Å². The fourth-order valence-corrected chi connectivity index (χ4v) is 1.15. The minimum absolute atomic E-state index is 0.260. The molecule has 2 N–H and O–H groups in total. The molecule has 6 heteroatoms. The van der Waals surface area contributed by atoms with Gasteiger partial charge in [-0.3, -0.25) is 9.78 Å². The summed E-state index contributed by atoms with van der Waals surface area (Å²) in [7, 11) is 0. The van der Waals surface area contributed by atoms with Crippen LogP contribution < -0.4 is 5.73 Å². The van der Waals surface area contributed by atoms with Crippen molar-refractivity contribution in [3.8, 4) is 0 Å². The maximum absolute atomic E-state index is 12.2.